The van der Waals surface area contributed by atoms with Gasteiger partial charge in [0.2, 0.25) is 5.91 Å². The number of hydrogen-bond acceptors (Lipinski definition) is 3. The standard InChI is InChI=1S/C16H21N3O4/c1-10(2)19-9-13(7-14(19)20)18-16(23)17-8-11-3-5-12(6-4-11)15(21)22/h3-6,10,13H,7-9H2,1-2H3,(H,21,22)(H2,17,18,23). The molecule has 23 heavy (non-hydrogen) atoms. The number of carboxylic acid groups (broad SMARTS) is 1. The van der Waals surface area contributed by atoms with Crippen LogP contribution in [0.3, 0.4) is 0 Å². The second kappa shape index (κ2) is 7.13. The van der Waals surface area contributed by atoms with Crippen LogP contribution in [0.1, 0.15) is 36.2 Å². The molecule has 0 spiro atoms. The molecule has 0 aromatic heterocycles. The molecule has 3 amide bonds. The molecule has 124 valence electrons. The molecule has 0 aliphatic carbocycles. The van der Waals surface area contributed by atoms with Gasteiger partial charge in [-0.05, 0) is 31.5 Å². The molecule has 1 heterocycles. The third-order valence-electron chi connectivity index (χ3n) is 3.77. The molecule has 0 bridgehead atoms. The molecule has 1 unspecified atom stereocenters. The van der Waals surface area contributed by atoms with E-state index in [9.17, 15) is 14.4 Å². The fourth-order valence-electron chi connectivity index (χ4n) is 2.51. The summed E-state index contributed by atoms with van der Waals surface area (Å²) >= 11 is 0. The Morgan fingerprint density at radius 3 is 2.48 bits per heavy atom. The van der Waals surface area contributed by atoms with Crippen LogP contribution >= 0.6 is 0 Å². The van der Waals surface area contributed by atoms with Crippen molar-refractivity contribution in [2.45, 2.75) is 38.9 Å². The maximum atomic E-state index is 11.9. The molecule has 7 heteroatoms. The van der Waals surface area contributed by atoms with E-state index in [1.54, 1.807) is 17.0 Å². The van der Waals surface area contributed by atoms with Crippen LogP contribution in [0.2, 0.25) is 0 Å². The van der Waals surface area contributed by atoms with E-state index in [0.717, 1.165) is 5.56 Å². The zero-order chi connectivity index (χ0) is 17.0. The summed E-state index contributed by atoms with van der Waals surface area (Å²) in [5, 5.41) is 14.3. The van der Waals surface area contributed by atoms with Crippen molar-refractivity contribution in [3.8, 4) is 0 Å². The van der Waals surface area contributed by atoms with Crippen molar-refractivity contribution in [3.05, 3.63) is 35.4 Å². The summed E-state index contributed by atoms with van der Waals surface area (Å²) in [5.41, 5.74) is 1.01. The summed E-state index contributed by atoms with van der Waals surface area (Å²) in [4.78, 5) is 36.2. The van der Waals surface area contributed by atoms with Gasteiger partial charge in [-0.15, -0.1) is 0 Å². The van der Waals surface area contributed by atoms with Gasteiger partial charge in [0.1, 0.15) is 0 Å². The van der Waals surface area contributed by atoms with Crippen LogP contribution in [-0.2, 0) is 11.3 Å². The quantitative estimate of drug-likeness (QED) is 0.759. The largest absolute Gasteiger partial charge is 0.478 e. The van der Waals surface area contributed by atoms with Gasteiger partial charge in [-0.25, -0.2) is 9.59 Å². The molecule has 1 aromatic rings. The number of carbonyl (C=O) groups is 3. The normalized spacial score (nSPS) is 17.4. The Kier molecular flexibility index (Phi) is 5.20. The molecule has 2 rings (SSSR count). The van der Waals surface area contributed by atoms with Crippen molar-refractivity contribution in [2.24, 2.45) is 0 Å². The zero-order valence-electron chi connectivity index (χ0n) is 13.2. The molecule has 1 aromatic carbocycles. The average molecular weight is 319 g/mol. The molecule has 7 nitrogen and oxygen atoms in total. The number of aromatic carboxylic acids is 1. The lowest BCUT2D eigenvalue weighted by molar-refractivity contribution is -0.129. The van der Waals surface area contributed by atoms with Gasteiger partial charge in [-0.1, -0.05) is 12.1 Å². The van der Waals surface area contributed by atoms with E-state index in [0.29, 0.717) is 19.5 Å². The molecular weight excluding hydrogens is 298 g/mol. The Morgan fingerprint density at radius 1 is 1.30 bits per heavy atom. The number of nitrogens with zero attached hydrogens (tertiary/aromatic N) is 1. The fourth-order valence-corrected chi connectivity index (χ4v) is 2.51. The van der Waals surface area contributed by atoms with Crippen LogP contribution in [0.5, 0.6) is 0 Å². The van der Waals surface area contributed by atoms with Gasteiger partial charge < -0.3 is 20.6 Å². The first-order chi connectivity index (χ1) is 10.9. The van der Waals surface area contributed by atoms with Gasteiger partial charge in [0.25, 0.3) is 0 Å². The maximum Gasteiger partial charge on any atom is 0.335 e. The first kappa shape index (κ1) is 16.8. The van der Waals surface area contributed by atoms with Crippen LogP contribution in [-0.4, -0.2) is 46.5 Å². The van der Waals surface area contributed by atoms with Gasteiger partial charge in [0.15, 0.2) is 0 Å². The van der Waals surface area contributed by atoms with Crippen LogP contribution in [0.25, 0.3) is 0 Å². The number of urea groups is 1. The molecule has 1 atom stereocenters. The second-order valence-corrected chi connectivity index (χ2v) is 5.87. The first-order valence-electron chi connectivity index (χ1n) is 7.53. The Hall–Kier alpha value is -2.57. The Balaban J connectivity index is 1.79. The summed E-state index contributed by atoms with van der Waals surface area (Å²) in [6.45, 7) is 4.71. The Labute approximate surface area is 134 Å². The predicted octanol–water partition coefficient (Wildman–Crippen LogP) is 1.19. The van der Waals surface area contributed by atoms with Gasteiger partial charge in [0.05, 0.1) is 11.6 Å². The van der Waals surface area contributed by atoms with Crippen LogP contribution in [0.15, 0.2) is 24.3 Å². The topological polar surface area (TPSA) is 98.7 Å². The van der Waals surface area contributed by atoms with E-state index < -0.39 is 5.97 Å². The van der Waals surface area contributed by atoms with Crippen LogP contribution in [0, 0.1) is 0 Å². The minimum absolute atomic E-state index is 0.0505. The van der Waals surface area contributed by atoms with Crippen molar-refractivity contribution in [3.63, 3.8) is 0 Å². The Morgan fingerprint density at radius 2 is 1.96 bits per heavy atom. The van der Waals surface area contributed by atoms with Gasteiger partial charge >= 0.3 is 12.0 Å². The zero-order valence-corrected chi connectivity index (χ0v) is 13.2. The lowest BCUT2D eigenvalue weighted by atomic mass is 10.1. The number of rotatable bonds is 5. The number of hydrogen-bond donors (Lipinski definition) is 3. The fraction of sp³-hybridized carbons (Fsp3) is 0.438. The monoisotopic (exact) mass is 319 g/mol. The van der Waals surface area contributed by atoms with Gasteiger partial charge in [-0.3, -0.25) is 4.79 Å². The molecule has 1 aliphatic heterocycles. The molecular formula is C16H21N3O4. The summed E-state index contributed by atoms with van der Waals surface area (Å²) in [6.07, 6.45) is 0.318. The average Bonchev–Trinajstić information content (AvgIpc) is 2.86. The van der Waals surface area contributed by atoms with E-state index in [4.69, 9.17) is 5.11 Å². The minimum atomic E-state index is -0.983. The highest BCUT2D eigenvalue weighted by Crippen LogP contribution is 2.14. The van der Waals surface area contributed by atoms with Crippen molar-refractivity contribution in [1.82, 2.24) is 15.5 Å². The van der Waals surface area contributed by atoms with Crippen molar-refractivity contribution in [2.75, 3.05) is 6.54 Å². The summed E-state index contributed by atoms with van der Waals surface area (Å²) in [6, 6.07) is 5.91. The summed E-state index contributed by atoms with van der Waals surface area (Å²) < 4.78 is 0. The lowest BCUT2D eigenvalue weighted by Gasteiger charge is -2.21. The first-order valence-corrected chi connectivity index (χ1v) is 7.53. The van der Waals surface area contributed by atoms with E-state index >= 15 is 0 Å². The second-order valence-electron chi connectivity index (χ2n) is 5.87. The van der Waals surface area contributed by atoms with Gasteiger partial charge in [-0.2, -0.15) is 0 Å². The highest BCUT2D eigenvalue weighted by atomic mass is 16.4. The number of carboxylic acids is 1. The minimum Gasteiger partial charge on any atom is -0.478 e. The SMILES string of the molecule is CC(C)N1CC(NC(=O)NCc2ccc(C(=O)O)cc2)CC1=O. The van der Waals surface area contributed by atoms with E-state index in [1.165, 1.54) is 12.1 Å². The van der Waals surface area contributed by atoms with Crippen molar-refractivity contribution in [1.29, 1.82) is 0 Å². The molecule has 1 saturated heterocycles. The van der Waals surface area contributed by atoms with Crippen molar-refractivity contribution < 1.29 is 19.5 Å². The smallest absolute Gasteiger partial charge is 0.335 e. The number of likely N-dealkylation sites (tertiary alicyclic amines) is 1. The van der Waals surface area contributed by atoms with Gasteiger partial charge in [0, 0.05) is 25.6 Å². The van der Waals surface area contributed by atoms with E-state index in [2.05, 4.69) is 10.6 Å². The highest BCUT2D eigenvalue weighted by Gasteiger charge is 2.31. The van der Waals surface area contributed by atoms with Crippen LogP contribution < -0.4 is 10.6 Å². The third kappa shape index (κ3) is 4.45. The summed E-state index contributed by atoms with van der Waals surface area (Å²) in [7, 11) is 0. The number of nitrogens with one attached hydrogen (secondary N) is 2. The molecule has 0 radical (unpaired) electrons. The Bertz CT molecular complexity index is 598. The highest BCUT2D eigenvalue weighted by molar-refractivity contribution is 5.87. The molecule has 0 saturated carbocycles. The predicted molar refractivity (Wildman–Crippen MR) is 84.0 cm³/mol. The summed E-state index contributed by atoms with van der Waals surface area (Å²) in [5.74, 6) is -0.933. The number of amides is 3. The molecule has 3 N–H and O–H groups in total. The molecule has 1 aliphatic rings. The van der Waals surface area contributed by atoms with Crippen molar-refractivity contribution >= 4 is 17.9 Å². The van der Waals surface area contributed by atoms with E-state index in [1.807, 2.05) is 13.8 Å². The number of carbonyl (C=O) groups excluding carboxylic acids is 2. The number of benzene rings is 1. The molecule has 1 fully saturated rings. The van der Waals surface area contributed by atoms with E-state index in [-0.39, 0.29) is 29.6 Å². The third-order valence-corrected chi connectivity index (χ3v) is 3.77. The maximum absolute atomic E-state index is 11.9. The lowest BCUT2D eigenvalue weighted by Crippen LogP contribution is -2.43. The van der Waals surface area contributed by atoms with Crippen LogP contribution in [0.4, 0.5) is 4.79 Å².